The van der Waals surface area contributed by atoms with Crippen LogP contribution in [0.1, 0.15) is 15.9 Å². The first kappa shape index (κ1) is 16.1. The maximum Gasteiger partial charge on any atom is 0.335 e. The van der Waals surface area contributed by atoms with E-state index in [-0.39, 0.29) is 11.1 Å². The van der Waals surface area contributed by atoms with Gasteiger partial charge in [0.05, 0.1) is 12.1 Å². The normalized spacial score (nSPS) is 10.5. The predicted molar refractivity (Wildman–Crippen MR) is 93.8 cm³/mol. The molecule has 0 atom stereocenters. The van der Waals surface area contributed by atoms with Crippen molar-refractivity contribution in [1.82, 2.24) is 4.57 Å². The Morgan fingerprint density at radius 2 is 1.75 bits per heavy atom. The molecule has 1 N–H and O–H groups in total. The van der Waals surface area contributed by atoms with Gasteiger partial charge in [0.2, 0.25) is 0 Å². The van der Waals surface area contributed by atoms with E-state index in [0.29, 0.717) is 6.54 Å². The summed E-state index contributed by atoms with van der Waals surface area (Å²) in [4.78, 5) is 24.6. The number of nitrogens with zero attached hydrogens (tertiary/aromatic N) is 1. The van der Waals surface area contributed by atoms with Crippen LogP contribution in [0.3, 0.4) is 0 Å². The van der Waals surface area contributed by atoms with Gasteiger partial charge in [-0.1, -0.05) is 36.0 Å². The first-order valence-corrected chi connectivity index (χ1v) is 8.19. The smallest absolute Gasteiger partial charge is 0.335 e. The number of carboxylic acid groups (broad SMARTS) is 1. The number of carboxylic acids is 1. The van der Waals surface area contributed by atoms with E-state index in [4.69, 9.17) is 5.11 Å². The van der Waals surface area contributed by atoms with Gasteiger partial charge in [0.25, 0.3) is 5.56 Å². The number of pyridine rings is 1. The third-order valence-electron chi connectivity index (χ3n) is 3.49. The van der Waals surface area contributed by atoms with Gasteiger partial charge in [-0.2, -0.15) is 0 Å². The molecule has 0 radical (unpaired) electrons. The van der Waals surface area contributed by atoms with E-state index in [1.165, 1.54) is 11.8 Å². The number of aromatic nitrogens is 1. The lowest BCUT2D eigenvalue weighted by atomic mass is 10.2. The lowest BCUT2D eigenvalue weighted by Gasteiger charge is -2.07. The molecular formula is C19H15NO3S. The molecule has 0 aliphatic carbocycles. The molecule has 0 saturated heterocycles. The van der Waals surface area contributed by atoms with Crippen molar-refractivity contribution in [3.8, 4) is 0 Å². The van der Waals surface area contributed by atoms with Crippen LogP contribution in [0, 0.1) is 0 Å². The minimum atomic E-state index is -0.930. The first-order chi connectivity index (χ1) is 11.6. The van der Waals surface area contributed by atoms with Crippen molar-refractivity contribution in [3.05, 3.63) is 94.4 Å². The fourth-order valence-electron chi connectivity index (χ4n) is 2.28. The Morgan fingerprint density at radius 1 is 0.958 bits per heavy atom. The molecule has 0 aliphatic heterocycles. The van der Waals surface area contributed by atoms with Gasteiger partial charge in [-0.05, 0) is 42.0 Å². The van der Waals surface area contributed by atoms with E-state index in [0.717, 1.165) is 15.4 Å². The Morgan fingerprint density at radius 3 is 2.46 bits per heavy atom. The Hall–Kier alpha value is -2.79. The number of aromatic carboxylic acids is 1. The number of rotatable bonds is 5. The number of carbonyl (C=O) groups is 1. The van der Waals surface area contributed by atoms with Crippen LogP contribution in [-0.2, 0) is 6.54 Å². The van der Waals surface area contributed by atoms with Gasteiger partial charge < -0.3 is 9.67 Å². The van der Waals surface area contributed by atoms with Gasteiger partial charge in [0.15, 0.2) is 0 Å². The highest BCUT2D eigenvalue weighted by atomic mass is 32.2. The van der Waals surface area contributed by atoms with Crippen molar-refractivity contribution in [1.29, 1.82) is 0 Å². The summed E-state index contributed by atoms with van der Waals surface area (Å²) in [5.41, 5.74) is 1.29. The Balaban J connectivity index is 1.73. The first-order valence-electron chi connectivity index (χ1n) is 7.37. The zero-order valence-electron chi connectivity index (χ0n) is 12.8. The Labute approximate surface area is 143 Å². The van der Waals surface area contributed by atoms with Gasteiger partial charge in [-0.15, -0.1) is 0 Å². The second-order valence-electron chi connectivity index (χ2n) is 5.25. The molecule has 0 bridgehead atoms. The molecular weight excluding hydrogens is 322 g/mol. The zero-order valence-corrected chi connectivity index (χ0v) is 13.6. The Bertz CT molecular complexity index is 916. The molecule has 0 spiro atoms. The molecule has 2 aromatic carbocycles. The second kappa shape index (κ2) is 7.19. The minimum Gasteiger partial charge on any atom is -0.478 e. The highest BCUT2D eigenvalue weighted by molar-refractivity contribution is 7.99. The summed E-state index contributed by atoms with van der Waals surface area (Å²) < 4.78 is 1.65. The fourth-order valence-corrected chi connectivity index (χ4v) is 3.16. The molecule has 0 unspecified atom stereocenters. The van der Waals surface area contributed by atoms with Crippen LogP contribution in [0.2, 0.25) is 0 Å². The van der Waals surface area contributed by atoms with E-state index in [1.807, 2.05) is 36.4 Å². The van der Waals surface area contributed by atoms with Gasteiger partial charge in [0.1, 0.15) is 0 Å². The lowest BCUT2D eigenvalue weighted by molar-refractivity contribution is 0.0696. The standard InChI is InChI=1S/C19H15NO3S/c21-18-6-1-2-11-20(18)13-14-7-9-16(10-8-14)24-17-5-3-4-15(12-17)19(22)23/h1-12H,13H2,(H,22,23). The van der Waals surface area contributed by atoms with Crippen molar-refractivity contribution < 1.29 is 9.90 Å². The van der Waals surface area contributed by atoms with Crippen LogP contribution in [0.4, 0.5) is 0 Å². The van der Waals surface area contributed by atoms with Crippen molar-refractivity contribution in [2.24, 2.45) is 0 Å². The molecule has 0 amide bonds. The summed E-state index contributed by atoms with van der Waals surface area (Å²) in [5.74, 6) is -0.930. The van der Waals surface area contributed by atoms with Crippen LogP contribution in [0.15, 0.2) is 87.5 Å². The summed E-state index contributed by atoms with van der Waals surface area (Å²) in [5, 5.41) is 9.04. The summed E-state index contributed by atoms with van der Waals surface area (Å²) in [7, 11) is 0. The Kier molecular flexibility index (Phi) is 4.82. The average molecular weight is 337 g/mol. The maximum absolute atomic E-state index is 11.7. The minimum absolute atomic E-state index is 0.0264. The molecule has 5 heteroatoms. The van der Waals surface area contributed by atoms with Gasteiger partial charge in [-0.25, -0.2) is 4.79 Å². The number of hydrogen-bond donors (Lipinski definition) is 1. The van der Waals surface area contributed by atoms with E-state index in [2.05, 4.69) is 0 Å². The van der Waals surface area contributed by atoms with E-state index in [9.17, 15) is 9.59 Å². The van der Waals surface area contributed by atoms with Gasteiger partial charge in [0, 0.05) is 22.1 Å². The van der Waals surface area contributed by atoms with Crippen molar-refractivity contribution in [3.63, 3.8) is 0 Å². The maximum atomic E-state index is 11.7. The third kappa shape index (κ3) is 3.94. The summed E-state index contributed by atoms with van der Waals surface area (Å²) in [6.07, 6.45) is 1.77. The van der Waals surface area contributed by atoms with Crippen LogP contribution in [-0.4, -0.2) is 15.6 Å². The molecule has 24 heavy (non-hydrogen) atoms. The fraction of sp³-hybridized carbons (Fsp3) is 0.0526. The summed E-state index contributed by atoms with van der Waals surface area (Å²) in [6, 6.07) is 19.9. The van der Waals surface area contributed by atoms with E-state index < -0.39 is 5.97 Å². The largest absolute Gasteiger partial charge is 0.478 e. The van der Waals surface area contributed by atoms with Crippen LogP contribution in [0.25, 0.3) is 0 Å². The highest BCUT2D eigenvalue weighted by Gasteiger charge is 2.05. The predicted octanol–water partition coefficient (Wildman–Crippen LogP) is 3.75. The number of benzene rings is 2. The molecule has 0 fully saturated rings. The van der Waals surface area contributed by atoms with Crippen LogP contribution >= 0.6 is 11.8 Å². The molecule has 0 aliphatic rings. The topological polar surface area (TPSA) is 59.3 Å². The summed E-state index contributed by atoms with van der Waals surface area (Å²) in [6.45, 7) is 0.527. The van der Waals surface area contributed by atoms with E-state index in [1.54, 1.807) is 41.1 Å². The molecule has 0 saturated carbocycles. The number of hydrogen-bond acceptors (Lipinski definition) is 3. The van der Waals surface area contributed by atoms with Crippen molar-refractivity contribution in [2.75, 3.05) is 0 Å². The van der Waals surface area contributed by atoms with Crippen LogP contribution in [0.5, 0.6) is 0 Å². The zero-order chi connectivity index (χ0) is 16.9. The molecule has 120 valence electrons. The molecule has 4 nitrogen and oxygen atoms in total. The third-order valence-corrected chi connectivity index (χ3v) is 4.49. The summed E-state index contributed by atoms with van der Waals surface area (Å²) >= 11 is 1.51. The van der Waals surface area contributed by atoms with Crippen LogP contribution < -0.4 is 5.56 Å². The van der Waals surface area contributed by atoms with Gasteiger partial charge >= 0.3 is 5.97 Å². The molecule has 3 rings (SSSR count). The molecule has 1 aromatic heterocycles. The SMILES string of the molecule is O=C(O)c1cccc(Sc2ccc(Cn3ccccc3=O)cc2)c1. The van der Waals surface area contributed by atoms with E-state index >= 15 is 0 Å². The highest BCUT2D eigenvalue weighted by Crippen LogP contribution is 2.28. The molecule has 3 aromatic rings. The monoisotopic (exact) mass is 337 g/mol. The lowest BCUT2D eigenvalue weighted by Crippen LogP contribution is -2.18. The van der Waals surface area contributed by atoms with Gasteiger partial charge in [-0.3, -0.25) is 4.79 Å². The van der Waals surface area contributed by atoms with Crippen molar-refractivity contribution in [2.45, 2.75) is 16.3 Å². The van der Waals surface area contributed by atoms with Crippen molar-refractivity contribution >= 4 is 17.7 Å². The quantitative estimate of drug-likeness (QED) is 0.770. The average Bonchev–Trinajstić information content (AvgIpc) is 2.59. The molecule has 1 heterocycles. The second-order valence-corrected chi connectivity index (χ2v) is 6.39.